The third-order valence-corrected chi connectivity index (χ3v) is 4.55. The monoisotopic (exact) mass is 341 g/mol. The van der Waals surface area contributed by atoms with Crippen molar-refractivity contribution in [3.8, 4) is 0 Å². The van der Waals surface area contributed by atoms with Crippen LogP contribution in [0.15, 0.2) is 42.5 Å². The van der Waals surface area contributed by atoms with Crippen molar-refractivity contribution in [3.63, 3.8) is 0 Å². The van der Waals surface area contributed by atoms with Crippen LogP contribution in [0.25, 0.3) is 0 Å². The molecule has 0 aliphatic rings. The molecule has 0 heterocycles. The fraction of sp³-hybridized carbons (Fsp3) is 0.381. The Morgan fingerprint density at radius 2 is 1.88 bits per heavy atom. The van der Waals surface area contributed by atoms with Crippen LogP contribution in [0.1, 0.15) is 65.8 Å². The van der Waals surface area contributed by atoms with Crippen molar-refractivity contribution < 1.29 is 15.0 Å². The molecule has 0 radical (unpaired) electrons. The van der Waals surface area contributed by atoms with Crippen LogP contribution in [0, 0.1) is 6.92 Å². The van der Waals surface area contributed by atoms with Gasteiger partial charge in [0.25, 0.3) is 0 Å². The molecule has 0 aromatic heterocycles. The molecule has 4 heteroatoms. The maximum atomic E-state index is 11.3. The lowest BCUT2D eigenvalue weighted by atomic mass is 10.00. The van der Waals surface area contributed by atoms with Gasteiger partial charge < -0.3 is 15.5 Å². The predicted molar refractivity (Wildman–Crippen MR) is 101 cm³/mol. The Morgan fingerprint density at radius 3 is 2.60 bits per heavy atom. The van der Waals surface area contributed by atoms with E-state index in [1.807, 2.05) is 37.3 Å². The van der Waals surface area contributed by atoms with Crippen LogP contribution in [0.5, 0.6) is 0 Å². The summed E-state index contributed by atoms with van der Waals surface area (Å²) in [5.74, 6) is -0.911. The van der Waals surface area contributed by atoms with Crippen molar-refractivity contribution in [1.29, 1.82) is 0 Å². The first-order valence-corrected chi connectivity index (χ1v) is 8.87. The molecule has 2 rings (SSSR count). The van der Waals surface area contributed by atoms with Gasteiger partial charge in [0, 0.05) is 17.8 Å². The zero-order valence-electron chi connectivity index (χ0n) is 15.0. The number of nitrogens with one attached hydrogen (secondary N) is 1. The number of benzene rings is 2. The highest BCUT2D eigenvalue weighted by molar-refractivity contribution is 5.89. The van der Waals surface area contributed by atoms with Gasteiger partial charge in [-0.3, -0.25) is 0 Å². The summed E-state index contributed by atoms with van der Waals surface area (Å²) in [7, 11) is 0. The number of aromatic carboxylic acids is 1. The van der Waals surface area contributed by atoms with Gasteiger partial charge in [-0.2, -0.15) is 0 Å². The number of aliphatic hydroxyl groups is 1. The van der Waals surface area contributed by atoms with E-state index in [1.165, 1.54) is 0 Å². The Hall–Kier alpha value is -2.33. The van der Waals surface area contributed by atoms with Crippen LogP contribution >= 0.6 is 0 Å². The molecule has 134 valence electrons. The summed E-state index contributed by atoms with van der Waals surface area (Å²) in [5, 5.41) is 23.1. The van der Waals surface area contributed by atoms with Crippen molar-refractivity contribution >= 4 is 11.7 Å². The second-order valence-electron chi connectivity index (χ2n) is 6.35. The van der Waals surface area contributed by atoms with Gasteiger partial charge in [0.1, 0.15) is 0 Å². The van der Waals surface area contributed by atoms with Crippen LogP contribution in [-0.2, 0) is 6.54 Å². The Kier molecular flexibility index (Phi) is 7.02. The molecule has 1 unspecified atom stereocenters. The third-order valence-electron chi connectivity index (χ3n) is 4.55. The van der Waals surface area contributed by atoms with Gasteiger partial charge in [-0.25, -0.2) is 4.79 Å². The minimum Gasteiger partial charge on any atom is -0.478 e. The molecule has 0 fully saturated rings. The highest BCUT2D eigenvalue weighted by atomic mass is 16.4. The molecule has 4 nitrogen and oxygen atoms in total. The topological polar surface area (TPSA) is 69.6 Å². The zero-order chi connectivity index (χ0) is 18.2. The largest absolute Gasteiger partial charge is 0.478 e. The van der Waals surface area contributed by atoms with Crippen LogP contribution in [0.3, 0.4) is 0 Å². The number of hydrogen-bond donors (Lipinski definition) is 3. The van der Waals surface area contributed by atoms with Gasteiger partial charge in [-0.1, -0.05) is 56.5 Å². The van der Waals surface area contributed by atoms with Crippen LogP contribution in [0.4, 0.5) is 5.69 Å². The number of aliphatic hydroxyl groups excluding tert-OH is 1. The van der Waals surface area contributed by atoms with E-state index in [-0.39, 0.29) is 0 Å². The fourth-order valence-corrected chi connectivity index (χ4v) is 2.99. The minimum absolute atomic E-state index is 0.326. The van der Waals surface area contributed by atoms with Gasteiger partial charge >= 0.3 is 5.97 Å². The normalized spacial score (nSPS) is 12.0. The molecule has 0 aliphatic carbocycles. The van der Waals surface area contributed by atoms with E-state index in [0.29, 0.717) is 12.1 Å². The van der Waals surface area contributed by atoms with E-state index >= 15 is 0 Å². The summed E-state index contributed by atoms with van der Waals surface area (Å²) in [6.07, 6.45) is 3.52. The van der Waals surface area contributed by atoms with E-state index in [4.69, 9.17) is 0 Å². The number of anilines is 1. The van der Waals surface area contributed by atoms with E-state index in [1.54, 1.807) is 12.1 Å². The van der Waals surface area contributed by atoms with E-state index < -0.39 is 12.1 Å². The SMILES string of the molecule is CCCCCC(O)c1ccccc1NCc1cccc(C(=O)O)c1C. The predicted octanol–water partition coefficient (Wildman–Crippen LogP) is 4.92. The number of carboxylic acid groups (broad SMARTS) is 1. The molecule has 0 amide bonds. The van der Waals surface area contributed by atoms with Gasteiger partial charge in [0.05, 0.1) is 11.7 Å². The van der Waals surface area contributed by atoms with E-state index in [2.05, 4.69) is 12.2 Å². The maximum absolute atomic E-state index is 11.3. The molecule has 0 saturated heterocycles. The minimum atomic E-state index is -0.911. The Labute approximate surface area is 149 Å². The second-order valence-corrected chi connectivity index (χ2v) is 6.35. The number of para-hydroxylation sites is 1. The number of carbonyl (C=O) groups is 1. The highest BCUT2D eigenvalue weighted by Crippen LogP contribution is 2.27. The lowest BCUT2D eigenvalue weighted by Gasteiger charge is -2.18. The van der Waals surface area contributed by atoms with Crippen LogP contribution < -0.4 is 5.32 Å². The molecule has 1 atom stereocenters. The molecule has 0 aliphatic heterocycles. The first kappa shape index (κ1) is 19.0. The van der Waals surface area contributed by atoms with Crippen molar-refractivity contribution in [2.75, 3.05) is 5.32 Å². The summed E-state index contributed by atoms with van der Waals surface area (Å²) >= 11 is 0. The van der Waals surface area contributed by atoms with Crippen molar-refractivity contribution in [2.45, 2.75) is 52.2 Å². The molecule has 2 aromatic rings. The van der Waals surface area contributed by atoms with Crippen molar-refractivity contribution in [2.24, 2.45) is 0 Å². The summed E-state index contributed by atoms with van der Waals surface area (Å²) in [4.78, 5) is 11.3. The number of rotatable bonds is 9. The third kappa shape index (κ3) is 5.07. The Bertz CT molecular complexity index is 712. The number of carboxylic acids is 1. The number of unbranched alkanes of at least 4 members (excludes halogenated alkanes) is 2. The van der Waals surface area contributed by atoms with Gasteiger partial charge in [0.15, 0.2) is 0 Å². The molecule has 25 heavy (non-hydrogen) atoms. The quantitative estimate of drug-likeness (QED) is 0.566. The van der Waals surface area contributed by atoms with E-state index in [0.717, 1.165) is 48.1 Å². The lowest BCUT2D eigenvalue weighted by Crippen LogP contribution is -2.09. The van der Waals surface area contributed by atoms with Gasteiger partial charge in [-0.15, -0.1) is 0 Å². The van der Waals surface area contributed by atoms with Gasteiger partial charge in [-0.05, 0) is 36.6 Å². The smallest absolute Gasteiger partial charge is 0.335 e. The molecule has 0 spiro atoms. The number of hydrogen-bond acceptors (Lipinski definition) is 3. The first-order chi connectivity index (χ1) is 12.0. The summed E-state index contributed by atoms with van der Waals surface area (Å²) in [6.45, 7) is 4.49. The van der Waals surface area contributed by atoms with Crippen LogP contribution in [-0.4, -0.2) is 16.2 Å². The average Bonchev–Trinajstić information content (AvgIpc) is 2.61. The summed E-state index contributed by atoms with van der Waals surface area (Å²) < 4.78 is 0. The second kappa shape index (κ2) is 9.23. The summed E-state index contributed by atoms with van der Waals surface area (Å²) in [6, 6.07) is 13.1. The molecular formula is C21H27NO3. The standard InChI is InChI=1S/C21H27NO3/c1-3-4-5-13-20(23)18-10-6-7-12-19(18)22-14-16-9-8-11-17(15(16)2)21(24)25/h6-12,20,22-23H,3-5,13-14H2,1-2H3,(H,24,25). The maximum Gasteiger partial charge on any atom is 0.335 e. The van der Waals surface area contributed by atoms with Crippen molar-refractivity contribution in [1.82, 2.24) is 0 Å². The molecule has 2 aromatic carbocycles. The molecule has 0 saturated carbocycles. The summed E-state index contributed by atoms with van der Waals surface area (Å²) in [5.41, 5.74) is 3.82. The van der Waals surface area contributed by atoms with Gasteiger partial charge in [0.2, 0.25) is 0 Å². The average molecular weight is 341 g/mol. The Balaban J connectivity index is 2.11. The lowest BCUT2D eigenvalue weighted by molar-refractivity contribution is 0.0696. The molecule has 0 bridgehead atoms. The van der Waals surface area contributed by atoms with E-state index in [9.17, 15) is 15.0 Å². The molecule has 3 N–H and O–H groups in total. The first-order valence-electron chi connectivity index (χ1n) is 8.87. The zero-order valence-corrected chi connectivity index (χ0v) is 15.0. The molecular weight excluding hydrogens is 314 g/mol. The highest BCUT2D eigenvalue weighted by Gasteiger charge is 2.13. The van der Waals surface area contributed by atoms with Crippen molar-refractivity contribution in [3.05, 3.63) is 64.7 Å². The van der Waals surface area contributed by atoms with Crippen LogP contribution in [0.2, 0.25) is 0 Å². The Morgan fingerprint density at radius 1 is 1.12 bits per heavy atom. The fourth-order valence-electron chi connectivity index (χ4n) is 2.99.